The molecule has 2 rings (SSSR count). The highest BCUT2D eigenvalue weighted by Gasteiger charge is 2.28. The minimum atomic E-state index is -3.04. The van der Waals surface area contributed by atoms with E-state index in [1.54, 1.807) is 24.3 Å². The number of amidine groups is 1. The highest BCUT2D eigenvalue weighted by atomic mass is 32.2. The molecule has 126 valence electrons. The third kappa shape index (κ3) is 4.85. The first kappa shape index (κ1) is 17.1. The first-order chi connectivity index (χ1) is 10.9. The van der Waals surface area contributed by atoms with Crippen LogP contribution in [0.5, 0.6) is 5.75 Å². The van der Waals surface area contributed by atoms with Crippen LogP contribution in [0.3, 0.4) is 0 Å². The molecule has 1 saturated heterocycles. The lowest BCUT2D eigenvalue weighted by Gasteiger charge is -2.10. The van der Waals surface area contributed by atoms with Crippen molar-refractivity contribution in [1.82, 2.24) is 5.32 Å². The van der Waals surface area contributed by atoms with E-state index in [-0.39, 0.29) is 30.0 Å². The Morgan fingerprint density at radius 2 is 2.17 bits per heavy atom. The summed E-state index contributed by atoms with van der Waals surface area (Å²) in [5.41, 5.74) is 6.34. The summed E-state index contributed by atoms with van der Waals surface area (Å²) in [4.78, 5) is 16.6. The Balaban J connectivity index is 1.85. The summed E-state index contributed by atoms with van der Waals surface area (Å²) in [5, 5.41) is 6.27. The van der Waals surface area contributed by atoms with Gasteiger partial charge in [0.25, 0.3) is 5.91 Å². The minimum absolute atomic E-state index is 0.0363. The Morgan fingerprint density at radius 1 is 1.43 bits per heavy atom. The number of methoxy groups -OCH3 is 1. The molecular weight excluding hydrogens is 322 g/mol. The molecule has 1 unspecified atom stereocenters. The van der Waals surface area contributed by atoms with Gasteiger partial charge in [0.1, 0.15) is 5.75 Å². The van der Waals surface area contributed by atoms with E-state index >= 15 is 0 Å². The smallest absolute Gasteiger partial charge is 0.261 e. The largest absolute Gasteiger partial charge is 0.496 e. The highest BCUT2D eigenvalue weighted by Crippen LogP contribution is 2.16. The Hall–Kier alpha value is -2.29. The first-order valence-electron chi connectivity index (χ1n) is 7.00. The van der Waals surface area contributed by atoms with Crippen molar-refractivity contribution in [2.24, 2.45) is 10.9 Å². The molecule has 9 heteroatoms. The van der Waals surface area contributed by atoms with Gasteiger partial charge in [-0.15, -0.1) is 0 Å². The van der Waals surface area contributed by atoms with E-state index in [4.69, 9.17) is 15.3 Å². The van der Waals surface area contributed by atoms with Crippen molar-refractivity contribution in [3.8, 4) is 5.75 Å². The molecule has 23 heavy (non-hydrogen) atoms. The number of hydrogen-bond acceptors (Lipinski definition) is 6. The van der Waals surface area contributed by atoms with E-state index in [1.165, 1.54) is 7.11 Å². The number of nitrogens with one attached hydrogen (secondary N) is 1. The standard InChI is InChI=1S/C14H19N3O5S/c1-21-12-5-3-2-4-11(12)14(15)17-22-8-13(18)16-10-6-7-23(19,20)9-10/h2-5,10H,6-9H2,1H3,(H2,15,17)(H,16,18). The Labute approximate surface area is 134 Å². The van der Waals surface area contributed by atoms with Gasteiger partial charge in [-0.3, -0.25) is 4.79 Å². The summed E-state index contributed by atoms with van der Waals surface area (Å²) in [6, 6.07) is 6.63. The molecule has 1 heterocycles. The molecule has 0 radical (unpaired) electrons. The molecule has 0 bridgehead atoms. The lowest BCUT2D eigenvalue weighted by molar-refractivity contribution is -0.126. The lowest BCUT2D eigenvalue weighted by Crippen LogP contribution is -2.37. The molecule has 8 nitrogen and oxygen atoms in total. The zero-order chi connectivity index (χ0) is 16.9. The number of carbonyl (C=O) groups excluding carboxylic acids is 1. The number of oxime groups is 1. The van der Waals surface area contributed by atoms with E-state index in [9.17, 15) is 13.2 Å². The van der Waals surface area contributed by atoms with E-state index in [0.717, 1.165) is 0 Å². The molecule has 1 aromatic carbocycles. The second-order valence-electron chi connectivity index (χ2n) is 5.12. The molecule has 0 saturated carbocycles. The van der Waals surface area contributed by atoms with Crippen LogP contribution in [0.1, 0.15) is 12.0 Å². The molecule has 1 aliphatic heterocycles. The second-order valence-corrected chi connectivity index (χ2v) is 7.35. The van der Waals surface area contributed by atoms with Crippen LogP contribution in [0, 0.1) is 0 Å². The average molecular weight is 341 g/mol. The van der Waals surface area contributed by atoms with Crippen molar-refractivity contribution in [3.05, 3.63) is 29.8 Å². The Kier molecular flexibility index (Phi) is 5.43. The number of ether oxygens (including phenoxy) is 1. The third-order valence-corrected chi connectivity index (χ3v) is 5.11. The molecule has 0 aromatic heterocycles. The monoisotopic (exact) mass is 341 g/mol. The number of sulfone groups is 1. The zero-order valence-corrected chi connectivity index (χ0v) is 13.5. The molecule has 1 amide bonds. The van der Waals surface area contributed by atoms with Gasteiger partial charge < -0.3 is 20.6 Å². The highest BCUT2D eigenvalue weighted by molar-refractivity contribution is 7.91. The van der Waals surface area contributed by atoms with E-state index in [1.807, 2.05) is 0 Å². The van der Waals surface area contributed by atoms with Crippen molar-refractivity contribution in [2.45, 2.75) is 12.5 Å². The summed E-state index contributed by atoms with van der Waals surface area (Å²) in [7, 11) is -1.53. The van der Waals surface area contributed by atoms with Crippen molar-refractivity contribution in [3.63, 3.8) is 0 Å². The third-order valence-electron chi connectivity index (χ3n) is 3.34. The van der Waals surface area contributed by atoms with Crippen molar-refractivity contribution >= 4 is 21.6 Å². The molecule has 0 spiro atoms. The quantitative estimate of drug-likeness (QED) is 0.414. The van der Waals surface area contributed by atoms with Crippen LogP contribution in [0.25, 0.3) is 0 Å². The molecular formula is C14H19N3O5S. The maximum atomic E-state index is 11.7. The fraction of sp³-hybridized carbons (Fsp3) is 0.429. The van der Waals surface area contributed by atoms with E-state index < -0.39 is 15.7 Å². The van der Waals surface area contributed by atoms with Crippen LogP contribution in [0.2, 0.25) is 0 Å². The summed E-state index contributed by atoms with van der Waals surface area (Å²) in [6.07, 6.45) is 0.417. The van der Waals surface area contributed by atoms with E-state index in [2.05, 4.69) is 10.5 Å². The summed E-state index contributed by atoms with van der Waals surface area (Å²) in [5.74, 6) is 0.239. The number of rotatable bonds is 6. The summed E-state index contributed by atoms with van der Waals surface area (Å²) in [6.45, 7) is -0.341. The van der Waals surface area contributed by atoms with Gasteiger partial charge in [0.05, 0.1) is 24.2 Å². The SMILES string of the molecule is COc1ccccc1/C(N)=N/OCC(=O)NC1CCS(=O)(=O)C1. The molecule has 1 fully saturated rings. The van der Waals surface area contributed by atoms with Gasteiger partial charge in [-0.2, -0.15) is 0 Å². The molecule has 3 N–H and O–H groups in total. The summed E-state index contributed by atoms with van der Waals surface area (Å²) >= 11 is 0. The number of nitrogens with zero attached hydrogens (tertiary/aromatic N) is 1. The predicted octanol–water partition coefficient (Wildman–Crippen LogP) is -0.365. The van der Waals surface area contributed by atoms with Gasteiger partial charge in [-0.05, 0) is 18.6 Å². The molecule has 1 aromatic rings. The fourth-order valence-electron chi connectivity index (χ4n) is 2.24. The Morgan fingerprint density at radius 3 is 2.83 bits per heavy atom. The fourth-order valence-corrected chi connectivity index (χ4v) is 3.92. The normalized spacial score (nSPS) is 20.0. The summed E-state index contributed by atoms with van der Waals surface area (Å²) < 4.78 is 27.8. The molecule has 1 atom stereocenters. The average Bonchev–Trinajstić information content (AvgIpc) is 2.85. The maximum Gasteiger partial charge on any atom is 0.261 e. The van der Waals surface area contributed by atoms with Gasteiger partial charge in [0.15, 0.2) is 22.3 Å². The minimum Gasteiger partial charge on any atom is -0.496 e. The van der Waals surface area contributed by atoms with Gasteiger partial charge in [0.2, 0.25) is 0 Å². The van der Waals surface area contributed by atoms with Gasteiger partial charge in [-0.1, -0.05) is 17.3 Å². The van der Waals surface area contributed by atoms with Crippen LogP contribution >= 0.6 is 0 Å². The van der Waals surface area contributed by atoms with Crippen LogP contribution in [0.4, 0.5) is 0 Å². The number of hydrogen-bond donors (Lipinski definition) is 2. The van der Waals surface area contributed by atoms with Crippen LogP contribution in [0.15, 0.2) is 29.4 Å². The van der Waals surface area contributed by atoms with Crippen molar-refractivity contribution in [1.29, 1.82) is 0 Å². The van der Waals surface area contributed by atoms with Gasteiger partial charge in [-0.25, -0.2) is 8.42 Å². The number of benzene rings is 1. The van der Waals surface area contributed by atoms with Gasteiger partial charge in [0, 0.05) is 6.04 Å². The lowest BCUT2D eigenvalue weighted by atomic mass is 10.2. The maximum absolute atomic E-state index is 11.7. The molecule has 1 aliphatic rings. The topological polar surface area (TPSA) is 120 Å². The van der Waals surface area contributed by atoms with Crippen LogP contribution in [-0.2, 0) is 19.5 Å². The zero-order valence-electron chi connectivity index (χ0n) is 12.7. The Bertz CT molecular complexity index is 702. The number of amides is 1. The second kappa shape index (κ2) is 7.32. The van der Waals surface area contributed by atoms with E-state index in [0.29, 0.717) is 17.7 Å². The van der Waals surface area contributed by atoms with Crippen LogP contribution in [-0.4, -0.2) is 51.4 Å². The molecule has 0 aliphatic carbocycles. The van der Waals surface area contributed by atoms with Gasteiger partial charge >= 0.3 is 0 Å². The van der Waals surface area contributed by atoms with Crippen molar-refractivity contribution in [2.75, 3.05) is 25.2 Å². The first-order valence-corrected chi connectivity index (χ1v) is 8.82. The van der Waals surface area contributed by atoms with Crippen LogP contribution < -0.4 is 15.8 Å². The predicted molar refractivity (Wildman–Crippen MR) is 84.9 cm³/mol. The van der Waals surface area contributed by atoms with Crippen molar-refractivity contribution < 1.29 is 22.8 Å². The number of nitrogens with two attached hydrogens (primary N) is 1. The number of carbonyl (C=O) groups is 1. The number of para-hydroxylation sites is 1.